The maximum absolute atomic E-state index is 13.6. The van der Waals surface area contributed by atoms with Crippen LogP contribution in [0.15, 0.2) is 94.9 Å². The number of halogens is 1. The lowest BCUT2D eigenvalue weighted by molar-refractivity contribution is 0.177. The molecule has 0 saturated carbocycles. The molecule has 0 aliphatic carbocycles. The van der Waals surface area contributed by atoms with Crippen LogP contribution in [-0.2, 0) is 31.4 Å². The van der Waals surface area contributed by atoms with Crippen LogP contribution in [-0.4, -0.2) is 46.4 Å². The maximum Gasteiger partial charge on any atom is 0.339 e. The number of ether oxygens (including phenoxy) is 1. The van der Waals surface area contributed by atoms with Gasteiger partial charge in [0.15, 0.2) is 0 Å². The van der Waals surface area contributed by atoms with Crippen LogP contribution in [0.5, 0.6) is 5.75 Å². The van der Waals surface area contributed by atoms with Gasteiger partial charge in [-0.1, -0.05) is 30.3 Å². The summed E-state index contributed by atoms with van der Waals surface area (Å²) in [6.07, 6.45) is 1.54. The lowest BCUT2D eigenvalue weighted by atomic mass is 10.2. The molecule has 0 atom stereocenters. The largest absolute Gasteiger partial charge is 0.383 e. The minimum Gasteiger partial charge on any atom is -0.383 e. The Bertz CT molecular complexity index is 1550. The van der Waals surface area contributed by atoms with Crippen LogP contribution >= 0.6 is 0 Å². The number of para-hydroxylation sites is 1. The number of benzene rings is 3. The first kappa shape index (κ1) is 25.7. The van der Waals surface area contributed by atoms with Crippen molar-refractivity contribution in [3.63, 3.8) is 0 Å². The van der Waals surface area contributed by atoms with Crippen molar-refractivity contribution >= 4 is 31.0 Å². The second kappa shape index (κ2) is 10.7. The molecule has 3 aromatic carbocycles. The van der Waals surface area contributed by atoms with Crippen LogP contribution in [0.25, 0.3) is 10.9 Å². The van der Waals surface area contributed by atoms with Gasteiger partial charge in [-0.05, 0) is 54.1 Å². The van der Waals surface area contributed by atoms with E-state index in [2.05, 4.69) is 4.98 Å². The zero-order valence-electron chi connectivity index (χ0n) is 19.2. The zero-order valence-corrected chi connectivity index (χ0v) is 20.9. The van der Waals surface area contributed by atoms with E-state index in [4.69, 9.17) is 8.92 Å². The number of hydrogen-bond donors (Lipinski definition) is 0. The molecule has 188 valence electrons. The lowest BCUT2D eigenvalue weighted by Gasteiger charge is -2.22. The first-order chi connectivity index (χ1) is 17.2. The molecule has 0 saturated heterocycles. The molecule has 0 radical (unpaired) electrons. The normalized spacial score (nSPS) is 12.2. The third-order valence-electron chi connectivity index (χ3n) is 5.35. The van der Waals surface area contributed by atoms with E-state index in [9.17, 15) is 21.2 Å². The Balaban J connectivity index is 1.57. The van der Waals surface area contributed by atoms with Gasteiger partial charge >= 0.3 is 10.1 Å². The van der Waals surface area contributed by atoms with Gasteiger partial charge in [0.1, 0.15) is 21.4 Å². The molecule has 0 amide bonds. The SMILES string of the molecule is COCCN(Cc1ccc(OS(=O)(=O)c2ccc(F)cc2)cc1)S(=O)(=O)c1cccc2cccnc12. The average Bonchev–Trinajstić information content (AvgIpc) is 2.87. The minimum absolute atomic E-state index is 0.0138. The number of sulfonamides is 1. The summed E-state index contributed by atoms with van der Waals surface area (Å²) in [5.41, 5.74) is 0.978. The second-order valence-corrected chi connectivity index (χ2v) is 11.3. The van der Waals surface area contributed by atoms with Crippen LogP contribution in [0.1, 0.15) is 5.56 Å². The van der Waals surface area contributed by atoms with Gasteiger partial charge < -0.3 is 8.92 Å². The standard InChI is InChI=1S/C25H23FN2O6S2/c1-33-17-16-28(35(29,30)24-6-2-4-20-5-3-15-27-25(20)24)18-19-7-11-22(12-8-19)34-36(31,32)23-13-9-21(26)10-14-23/h2-15H,16-18H2,1H3. The highest BCUT2D eigenvalue weighted by Crippen LogP contribution is 2.26. The molecule has 0 aliphatic heterocycles. The molecule has 36 heavy (non-hydrogen) atoms. The molecule has 0 fully saturated rings. The van der Waals surface area contributed by atoms with Crippen LogP contribution in [0, 0.1) is 5.82 Å². The first-order valence-corrected chi connectivity index (χ1v) is 13.7. The van der Waals surface area contributed by atoms with Gasteiger partial charge in [0.2, 0.25) is 10.0 Å². The third kappa shape index (κ3) is 5.71. The first-order valence-electron chi connectivity index (χ1n) is 10.8. The molecular weight excluding hydrogens is 507 g/mol. The van der Waals surface area contributed by atoms with Gasteiger partial charge in [0.05, 0.1) is 12.1 Å². The van der Waals surface area contributed by atoms with Crippen molar-refractivity contribution in [3.05, 3.63) is 96.4 Å². The Morgan fingerprint density at radius 2 is 1.58 bits per heavy atom. The number of pyridine rings is 1. The van der Waals surface area contributed by atoms with Crippen molar-refractivity contribution < 1.29 is 30.1 Å². The van der Waals surface area contributed by atoms with Gasteiger partial charge in [-0.15, -0.1) is 0 Å². The fourth-order valence-electron chi connectivity index (χ4n) is 3.53. The zero-order chi connectivity index (χ0) is 25.8. The summed E-state index contributed by atoms with van der Waals surface area (Å²) < 4.78 is 76.7. The van der Waals surface area contributed by atoms with Gasteiger partial charge in [-0.2, -0.15) is 12.7 Å². The highest BCUT2D eigenvalue weighted by molar-refractivity contribution is 7.89. The van der Waals surface area contributed by atoms with Crippen molar-refractivity contribution in [1.82, 2.24) is 9.29 Å². The minimum atomic E-state index is -4.15. The van der Waals surface area contributed by atoms with E-state index in [1.807, 2.05) is 0 Å². The Morgan fingerprint density at radius 3 is 2.28 bits per heavy atom. The third-order valence-corrected chi connectivity index (χ3v) is 8.49. The summed E-state index contributed by atoms with van der Waals surface area (Å²) in [7, 11) is -6.61. The van der Waals surface area contributed by atoms with E-state index in [0.717, 1.165) is 24.3 Å². The van der Waals surface area contributed by atoms with Gasteiger partial charge in [0, 0.05) is 31.8 Å². The van der Waals surface area contributed by atoms with Crippen molar-refractivity contribution in [3.8, 4) is 5.75 Å². The molecule has 1 aromatic heterocycles. The number of aromatic nitrogens is 1. The molecule has 8 nitrogen and oxygen atoms in total. The van der Waals surface area contributed by atoms with Crippen LogP contribution in [0.2, 0.25) is 0 Å². The van der Waals surface area contributed by atoms with Gasteiger partial charge in [-0.25, -0.2) is 12.8 Å². The maximum atomic E-state index is 13.6. The second-order valence-electron chi connectivity index (χ2n) is 7.80. The summed E-state index contributed by atoms with van der Waals surface area (Å²) >= 11 is 0. The van der Waals surface area contributed by atoms with E-state index < -0.39 is 26.0 Å². The Kier molecular flexibility index (Phi) is 7.65. The molecular formula is C25H23FN2O6S2. The summed E-state index contributed by atoms with van der Waals surface area (Å²) in [5, 5.41) is 0.703. The molecule has 4 aromatic rings. The fraction of sp³-hybridized carbons (Fsp3) is 0.160. The van der Waals surface area contributed by atoms with Crippen molar-refractivity contribution in [2.75, 3.05) is 20.3 Å². The number of hydrogen-bond acceptors (Lipinski definition) is 7. The summed E-state index contributed by atoms with van der Waals surface area (Å²) in [4.78, 5) is 4.16. The predicted molar refractivity (Wildman–Crippen MR) is 132 cm³/mol. The topological polar surface area (TPSA) is 103 Å². The number of rotatable bonds is 10. The lowest BCUT2D eigenvalue weighted by Crippen LogP contribution is -2.33. The Labute approximate surface area is 209 Å². The van der Waals surface area contributed by atoms with Crippen LogP contribution in [0.3, 0.4) is 0 Å². The van der Waals surface area contributed by atoms with Crippen LogP contribution in [0.4, 0.5) is 4.39 Å². The molecule has 0 unspecified atom stereocenters. The van der Waals surface area contributed by atoms with E-state index in [1.54, 1.807) is 42.6 Å². The summed E-state index contributed by atoms with van der Waals surface area (Å²) in [6, 6.07) is 18.8. The van der Waals surface area contributed by atoms with Gasteiger partial charge in [0.25, 0.3) is 0 Å². The monoisotopic (exact) mass is 530 g/mol. The quantitative estimate of drug-likeness (QED) is 0.286. The highest BCUT2D eigenvalue weighted by Gasteiger charge is 2.27. The van der Waals surface area contributed by atoms with Crippen molar-refractivity contribution in [1.29, 1.82) is 0 Å². The number of nitrogens with zero attached hydrogens (tertiary/aromatic N) is 2. The molecule has 0 bridgehead atoms. The summed E-state index contributed by atoms with van der Waals surface area (Å²) in [6.45, 7) is 0.285. The predicted octanol–water partition coefficient (Wildman–Crippen LogP) is 3.98. The molecule has 0 spiro atoms. The van der Waals surface area contributed by atoms with E-state index in [1.165, 1.54) is 29.6 Å². The Morgan fingerprint density at radius 1 is 0.889 bits per heavy atom. The fourth-order valence-corrected chi connectivity index (χ4v) is 6.04. The van der Waals surface area contributed by atoms with Crippen molar-refractivity contribution in [2.45, 2.75) is 16.3 Å². The summed E-state index contributed by atoms with van der Waals surface area (Å²) in [5.74, 6) is -0.529. The van der Waals surface area contributed by atoms with E-state index in [-0.39, 0.29) is 35.2 Å². The Hall–Kier alpha value is -3.38. The van der Waals surface area contributed by atoms with Gasteiger partial charge in [-0.3, -0.25) is 4.98 Å². The van der Waals surface area contributed by atoms with E-state index in [0.29, 0.717) is 16.5 Å². The van der Waals surface area contributed by atoms with Crippen LogP contribution < -0.4 is 4.18 Å². The molecule has 11 heteroatoms. The van der Waals surface area contributed by atoms with Crippen molar-refractivity contribution in [2.24, 2.45) is 0 Å². The highest BCUT2D eigenvalue weighted by atomic mass is 32.2. The molecule has 1 heterocycles. The smallest absolute Gasteiger partial charge is 0.339 e. The number of fused-ring (bicyclic) bond motifs is 1. The molecule has 4 rings (SSSR count). The molecule has 0 aliphatic rings. The number of methoxy groups -OCH3 is 1. The van der Waals surface area contributed by atoms with E-state index >= 15 is 0 Å². The molecule has 0 N–H and O–H groups in total. The average molecular weight is 531 g/mol.